The zero-order valence-electron chi connectivity index (χ0n) is 76.8. The Morgan fingerprint density at radius 1 is 0.516 bits per heavy atom. The number of benzene rings is 5. The van der Waals surface area contributed by atoms with E-state index in [0.29, 0.717) is 48.2 Å². The number of rotatable bonds is 11. The van der Waals surface area contributed by atoms with Crippen LogP contribution in [0.2, 0.25) is 19.6 Å². The van der Waals surface area contributed by atoms with Gasteiger partial charge in [-0.05, 0) is 340 Å². The van der Waals surface area contributed by atoms with E-state index in [1.807, 2.05) is 37.5 Å². The van der Waals surface area contributed by atoms with Crippen molar-refractivity contribution >= 4 is 71.8 Å². The molecule has 0 amide bonds. The highest BCUT2D eigenvalue weighted by molar-refractivity contribution is 9.09. The number of ether oxygens (including phenoxy) is 6. The third-order valence-electron chi connectivity index (χ3n) is 30.6. The van der Waals surface area contributed by atoms with Crippen molar-refractivity contribution in [2.24, 2.45) is 70.0 Å². The first kappa shape index (κ1) is 94.3. The fraction of sp³-hybridized carbons (Fsp3) is 0.616. The molecule has 24 nitrogen and oxygen atoms in total. The molecule has 8 fully saturated rings. The maximum Gasteiger partial charge on any atom is 0.494 e. The lowest BCUT2D eigenvalue weighted by atomic mass is 9.66. The zero-order valence-corrected chi connectivity index (χ0v) is 79.4. The average Bonchev–Trinajstić information content (AvgIpc) is 1.54. The monoisotopic (exact) mass is 1810 g/mol. The van der Waals surface area contributed by atoms with Crippen LogP contribution in [0.1, 0.15) is 247 Å². The summed E-state index contributed by atoms with van der Waals surface area (Å²) in [7, 11) is 10.8. The first-order valence-corrected chi connectivity index (χ1v) is 50.4. The van der Waals surface area contributed by atoms with E-state index >= 15 is 0 Å². The minimum absolute atomic E-state index is 0.0408. The molecule has 7 N–H and O–H groups in total. The highest BCUT2D eigenvalue weighted by Gasteiger charge is 2.66. The minimum Gasteiger partial charge on any atom is -0.508 e. The number of hydrogen-bond acceptors (Lipinski definition) is 24. The van der Waals surface area contributed by atoms with Gasteiger partial charge in [-0.25, -0.2) is 29.8 Å². The molecular formula is C99H135BBrN9O15Si. The number of phenols is 3. The lowest BCUT2D eigenvalue weighted by Crippen LogP contribution is -2.46. The summed E-state index contributed by atoms with van der Waals surface area (Å²) in [5.74, 6) is 7.25. The van der Waals surface area contributed by atoms with Crippen molar-refractivity contribution in [2.75, 3.05) is 61.6 Å². The molecule has 126 heavy (non-hydrogen) atoms. The second kappa shape index (κ2) is 37.9. The molecule has 5 aromatic carbocycles. The Labute approximate surface area is 755 Å². The second-order valence-corrected chi connectivity index (χ2v) is 45.4. The summed E-state index contributed by atoms with van der Waals surface area (Å²) in [6.45, 7) is 18.8. The van der Waals surface area contributed by atoms with Gasteiger partial charge in [0.2, 0.25) is 29.6 Å². The molecule has 27 heteroatoms. The third kappa shape index (κ3) is 19.2. The van der Waals surface area contributed by atoms with Crippen LogP contribution < -0.4 is 21.7 Å². The van der Waals surface area contributed by atoms with Crippen LogP contribution in [0.3, 0.4) is 0 Å². The summed E-state index contributed by atoms with van der Waals surface area (Å²) in [5, 5.41) is 42.6. The molecule has 3 heterocycles. The summed E-state index contributed by atoms with van der Waals surface area (Å²) in [5.41, 5.74) is 21.6. The van der Waals surface area contributed by atoms with E-state index in [0.717, 1.165) is 229 Å². The Kier molecular flexibility index (Phi) is 28.4. The zero-order chi connectivity index (χ0) is 90.2. The summed E-state index contributed by atoms with van der Waals surface area (Å²) in [6.07, 6.45) is 32.9. The molecule has 2 unspecified atom stereocenters. The Bertz CT molecular complexity index is 4940. The number of phenolic OH excluding ortho intramolecular Hbond substituents is 3. The second-order valence-electron chi connectivity index (χ2n) is 40.2. The van der Waals surface area contributed by atoms with Crippen molar-refractivity contribution < 1.29 is 72.3 Å². The molecule has 1 saturated heterocycles. The number of nitrogens with zero attached hydrogens (tertiary/aromatic N) is 7. The van der Waals surface area contributed by atoms with Crippen molar-refractivity contribution in [3.8, 4) is 29.2 Å². The summed E-state index contributed by atoms with van der Waals surface area (Å²) in [4.78, 5) is 52.2. The summed E-state index contributed by atoms with van der Waals surface area (Å²) >= 11 is 3.38. The van der Waals surface area contributed by atoms with Crippen LogP contribution in [0.4, 0.5) is 0 Å². The molecule has 5 aromatic rings. The number of Topliss-reactive ketones (excluding diaryl/α,β-unsaturated/α-hetero) is 2. The fourth-order valence-corrected chi connectivity index (χ4v) is 23.0. The Morgan fingerprint density at radius 2 is 0.889 bits per heavy atom. The molecule has 0 aromatic heterocycles. The molecule has 3 aliphatic heterocycles. The largest absolute Gasteiger partial charge is 0.508 e. The third-order valence-corrected chi connectivity index (χ3v) is 32.3. The normalized spacial score (nSPS) is 31.4. The van der Waals surface area contributed by atoms with Gasteiger partial charge in [0.15, 0.2) is 19.8 Å². The highest BCUT2D eigenvalue weighted by Crippen LogP contribution is 2.65. The predicted octanol–water partition coefficient (Wildman–Crippen LogP) is 17.1. The fourth-order valence-electron chi connectivity index (χ4n) is 21.9. The van der Waals surface area contributed by atoms with Gasteiger partial charge in [-0.1, -0.05) is 58.4 Å². The predicted molar refractivity (Wildman–Crippen MR) is 496 cm³/mol. The van der Waals surface area contributed by atoms with Gasteiger partial charge in [-0.2, -0.15) is 10.3 Å². The number of hydroxylamine groups is 4. The van der Waals surface area contributed by atoms with Gasteiger partial charge >= 0.3 is 7.12 Å². The number of halogens is 1. The number of hydrogen-bond donors (Lipinski definition) is 5. The number of aliphatic imine (C=N–C) groups is 3. The molecule has 0 bridgehead atoms. The van der Waals surface area contributed by atoms with E-state index in [9.17, 15) is 24.9 Å². The Hall–Kier alpha value is -7.81. The Morgan fingerprint density at radius 3 is 1.27 bits per heavy atom. The first-order valence-electron chi connectivity index (χ1n) is 45.8. The van der Waals surface area contributed by atoms with Gasteiger partial charge in [-0.15, -0.1) is 0 Å². The van der Waals surface area contributed by atoms with E-state index in [-0.39, 0.29) is 61.3 Å². The van der Waals surface area contributed by atoms with Crippen LogP contribution >= 0.6 is 15.9 Å². The average molecular weight is 1810 g/mol. The maximum absolute atomic E-state index is 13.3. The maximum atomic E-state index is 13.3. The molecule has 0 radical (unpaired) electrons. The lowest BCUT2D eigenvalue weighted by Gasteiger charge is -2.45. The number of carbonyl (C=O) groups excluding carboxylic acids is 2. The van der Waals surface area contributed by atoms with Crippen LogP contribution in [0.15, 0.2) is 117 Å². The Balaban J connectivity index is 0.000000124. The highest BCUT2D eigenvalue weighted by atomic mass is 79.9. The lowest BCUT2D eigenvalue weighted by molar-refractivity contribution is -0.232. The number of nitriles is 1. The van der Waals surface area contributed by atoms with Crippen molar-refractivity contribution in [3.63, 3.8) is 0 Å². The van der Waals surface area contributed by atoms with E-state index < -0.39 is 26.8 Å². The summed E-state index contributed by atoms with van der Waals surface area (Å²) in [6, 6.07) is 28.7. The van der Waals surface area contributed by atoms with E-state index in [4.69, 9.17) is 74.1 Å². The van der Waals surface area contributed by atoms with Gasteiger partial charge in [0.05, 0.1) is 54.0 Å². The number of fused-ring (bicyclic) bond motifs is 9. The van der Waals surface area contributed by atoms with Crippen LogP contribution in [0.5, 0.6) is 23.0 Å². The van der Waals surface area contributed by atoms with Gasteiger partial charge in [0, 0.05) is 110 Å². The molecular weight excluding hydrogens is 1670 g/mol. The van der Waals surface area contributed by atoms with E-state index in [1.165, 1.54) is 53.3 Å². The number of nitrogens with two attached hydrogens (primary N) is 2. The summed E-state index contributed by atoms with van der Waals surface area (Å²) < 4.78 is 49.9. The van der Waals surface area contributed by atoms with E-state index in [1.54, 1.807) is 89.1 Å². The van der Waals surface area contributed by atoms with Crippen molar-refractivity contribution in [1.82, 2.24) is 10.1 Å². The molecule has 7 spiro atoms. The molecule has 7 saturated carbocycles. The quantitative estimate of drug-likeness (QED) is 0.0355. The number of alkyl halides is 1. The van der Waals surface area contributed by atoms with Crippen LogP contribution in [0, 0.1) is 50.4 Å². The number of aromatic hydroxyl groups is 3. The van der Waals surface area contributed by atoms with Crippen molar-refractivity contribution in [2.45, 2.75) is 287 Å². The SMILES string of the molecule is BrCC1CC1.C=C=N[Si](C)(C)C.COC1CCC2(CC1)Cc1ccc(B3OC(C)(C)C(C)(C)O3)cc1C2=O.COC1CCC2(CC1)Cc1ccc(O)cc1C21N=C(N)N(C)O1.COC1CCC2(CC1)Cc1ccc(O)cc1C2=NC#N.COC1CCC2(CC1)Cc1ccc(O)cc1C2=O.COC1CCC2(CC1)Cc1ccc(OCC3CC3)cc1C21N=C(N)N(C)O1. The van der Waals surface area contributed by atoms with Gasteiger partial charge in [0.25, 0.3) is 0 Å². The molecule has 20 rings (SSSR count). The molecule has 680 valence electrons. The molecule has 12 aliphatic carbocycles. The van der Waals surface area contributed by atoms with E-state index in [2.05, 4.69) is 116 Å². The standard InChI is InChI=1S/C21H29BO4.C21H29N3O3.C17H23N3O3.C16H18N2O2.C15H18O3.C5H11NSi.C4H7Br/c1-19(2)20(3,4)26-22(25-19)15-7-6-14-13-21(18(23)17(14)12-15)10-8-16(24-5)9-11-21;1-24-19(22)23-21(27-24)18-11-17(26-13-14-3-4-14)6-5-15(18)12-20(21)9-7-16(25-2)8-10-20;1-20-15(18)19-17(23-20)14-9-12(21)4-3-11(14)10-16(17)7-5-13(22-2)6-8-16;1-20-13-4-6-16(7-5-13)9-11-2-3-12(19)8-14(11)15(16)18-10-17;1-18-12-4-6-15(7-5-12)9-10-2-3-11(16)8-13(10)14(15)17;1-5-6-7(2,3)4;5-3-4-1-2-4/h6-7,12,16H,8-11,13H2,1-5H3;5-6,11,14,16H,3-4,7-10,12-13H2,1-2H3,(H2,22,23);3-4,9,13,21H,5-8,10H2,1-2H3,(H2,18,19);2-3,8,13,19H,4-7,9H2,1H3;2-3,8,12,16H,4-7,9H2,1H3;1H2,2-4H3;4H,1-3H2. The van der Waals surface area contributed by atoms with Crippen LogP contribution in [-0.2, 0) is 86.2 Å². The number of ketones is 2. The van der Waals surface area contributed by atoms with Gasteiger partial charge in [-0.3, -0.25) is 14.2 Å². The molecule has 15 aliphatic rings. The van der Waals surface area contributed by atoms with Crippen molar-refractivity contribution in [3.05, 3.63) is 153 Å². The smallest absolute Gasteiger partial charge is 0.494 e. The van der Waals surface area contributed by atoms with Crippen LogP contribution in [0.25, 0.3) is 0 Å². The minimum atomic E-state index is -1.21. The number of guanidine groups is 2. The first-order chi connectivity index (χ1) is 60.0. The van der Waals surface area contributed by atoms with Gasteiger partial charge < -0.3 is 64.5 Å². The van der Waals surface area contributed by atoms with Crippen LogP contribution in [-0.4, -0.2) is 179 Å². The number of carbonyl (C=O) groups is 2. The topological polar surface area (TPSA) is 319 Å². The molecule has 2 atom stereocenters. The van der Waals surface area contributed by atoms with Crippen molar-refractivity contribution in [1.29, 1.82) is 5.26 Å². The number of methoxy groups -OCH3 is 5. The van der Waals surface area contributed by atoms with Gasteiger partial charge in [0.1, 0.15) is 23.0 Å².